The molecule has 0 aromatic heterocycles. The van der Waals surface area contributed by atoms with Gasteiger partial charge in [-0.25, -0.2) is 0 Å². The number of hydrogen-bond acceptors (Lipinski definition) is 3. The van der Waals surface area contributed by atoms with E-state index in [1.807, 2.05) is 30.3 Å². The molecule has 2 aliphatic rings. The fourth-order valence-corrected chi connectivity index (χ4v) is 3.01. The maximum Gasteiger partial charge on any atom is 0.243 e. The van der Waals surface area contributed by atoms with Crippen LogP contribution in [-0.2, 0) is 14.3 Å². The van der Waals surface area contributed by atoms with Crippen molar-refractivity contribution in [1.29, 1.82) is 0 Å². The van der Waals surface area contributed by atoms with E-state index in [-0.39, 0.29) is 23.8 Å². The van der Waals surface area contributed by atoms with Crippen molar-refractivity contribution in [3.63, 3.8) is 0 Å². The second-order valence-electron chi connectivity index (χ2n) is 5.68. The summed E-state index contributed by atoms with van der Waals surface area (Å²) >= 11 is 0. The van der Waals surface area contributed by atoms with Crippen molar-refractivity contribution in [2.24, 2.45) is 5.92 Å². The lowest BCUT2D eigenvalue weighted by Gasteiger charge is -2.25. The van der Waals surface area contributed by atoms with Gasteiger partial charge in [0.1, 0.15) is 6.04 Å². The Morgan fingerprint density at radius 3 is 2.71 bits per heavy atom. The molecule has 2 saturated heterocycles. The number of carbonyl (C=O) groups is 2. The summed E-state index contributed by atoms with van der Waals surface area (Å²) in [6.07, 6.45) is 1.95. The lowest BCUT2D eigenvalue weighted by atomic mass is 9.92. The van der Waals surface area contributed by atoms with E-state index in [4.69, 9.17) is 4.74 Å². The second kappa shape index (κ2) is 6.26. The van der Waals surface area contributed by atoms with Crippen LogP contribution in [0.4, 0.5) is 0 Å². The first-order valence-corrected chi connectivity index (χ1v) is 7.46. The van der Waals surface area contributed by atoms with Crippen LogP contribution in [0.25, 0.3) is 0 Å². The molecule has 0 spiro atoms. The maximum absolute atomic E-state index is 12.4. The molecule has 2 amide bonds. The van der Waals surface area contributed by atoms with Crippen LogP contribution in [0.3, 0.4) is 0 Å². The summed E-state index contributed by atoms with van der Waals surface area (Å²) in [5.74, 6) is 0.144. The predicted octanol–water partition coefficient (Wildman–Crippen LogP) is 1.16. The van der Waals surface area contributed by atoms with Crippen molar-refractivity contribution in [2.45, 2.75) is 31.3 Å². The number of benzene rings is 1. The van der Waals surface area contributed by atoms with E-state index in [9.17, 15) is 9.59 Å². The summed E-state index contributed by atoms with van der Waals surface area (Å²) in [4.78, 5) is 23.6. The number of carbonyl (C=O) groups excluding carboxylic acids is 2. The van der Waals surface area contributed by atoms with Crippen molar-refractivity contribution in [3.05, 3.63) is 35.9 Å². The summed E-state index contributed by atoms with van der Waals surface area (Å²) in [6.45, 7) is 1.40. The molecule has 1 aromatic carbocycles. The van der Waals surface area contributed by atoms with Crippen molar-refractivity contribution in [2.75, 3.05) is 13.2 Å². The lowest BCUT2D eigenvalue weighted by molar-refractivity contribution is -0.126. The average molecular weight is 288 g/mol. The van der Waals surface area contributed by atoms with Crippen molar-refractivity contribution >= 4 is 11.8 Å². The van der Waals surface area contributed by atoms with Crippen LogP contribution in [0.15, 0.2) is 30.3 Å². The number of amides is 2. The van der Waals surface area contributed by atoms with Crippen molar-refractivity contribution in [1.82, 2.24) is 10.6 Å². The first kappa shape index (κ1) is 14.1. The molecule has 0 radical (unpaired) electrons. The Morgan fingerprint density at radius 1 is 1.29 bits per heavy atom. The standard InChI is InChI=1S/C16H20N2O3/c19-14-7-6-13(17-14)16(20)18-15(12-8-9-21-10-12)11-4-2-1-3-5-11/h1-5,12-13,15H,6-10H2,(H,17,19)(H,18,20). The van der Waals surface area contributed by atoms with Gasteiger partial charge in [-0.3, -0.25) is 9.59 Å². The second-order valence-corrected chi connectivity index (χ2v) is 5.68. The van der Waals surface area contributed by atoms with Gasteiger partial charge in [0, 0.05) is 18.9 Å². The topological polar surface area (TPSA) is 67.4 Å². The molecule has 2 N–H and O–H groups in total. The highest BCUT2D eigenvalue weighted by molar-refractivity contribution is 5.90. The van der Waals surface area contributed by atoms with Crippen LogP contribution in [0.2, 0.25) is 0 Å². The van der Waals surface area contributed by atoms with Gasteiger partial charge < -0.3 is 15.4 Å². The highest BCUT2D eigenvalue weighted by Crippen LogP contribution is 2.29. The van der Waals surface area contributed by atoms with Gasteiger partial charge in [-0.05, 0) is 18.4 Å². The Hall–Kier alpha value is -1.88. The van der Waals surface area contributed by atoms with Crippen LogP contribution >= 0.6 is 0 Å². The molecule has 1 aromatic rings. The SMILES string of the molecule is O=C1CCC(C(=O)NC(c2ccccc2)C2CCOC2)N1. The summed E-state index contributed by atoms with van der Waals surface area (Å²) in [5, 5.41) is 5.82. The molecule has 2 fully saturated rings. The Morgan fingerprint density at radius 2 is 2.10 bits per heavy atom. The van der Waals surface area contributed by atoms with Gasteiger partial charge in [0.15, 0.2) is 0 Å². The Bertz CT molecular complexity index is 512. The number of ether oxygens (including phenoxy) is 1. The van der Waals surface area contributed by atoms with Gasteiger partial charge in [-0.2, -0.15) is 0 Å². The van der Waals surface area contributed by atoms with E-state index in [0.29, 0.717) is 19.4 Å². The minimum Gasteiger partial charge on any atom is -0.381 e. The summed E-state index contributed by atoms with van der Waals surface area (Å²) in [7, 11) is 0. The highest BCUT2D eigenvalue weighted by Gasteiger charge is 2.32. The van der Waals surface area contributed by atoms with E-state index < -0.39 is 6.04 Å². The molecule has 0 aliphatic carbocycles. The quantitative estimate of drug-likeness (QED) is 0.873. The van der Waals surface area contributed by atoms with Crippen LogP contribution in [-0.4, -0.2) is 31.1 Å². The molecule has 3 unspecified atom stereocenters. The normalized spacial score (nSPS) is 26.4. The molecule has 112 valence electrons. The van der Waals surface area contributed by atoms with Crippen LogP contribution in [0.1, 0.15) is 30.9 Å². The zero-order valence-electron chi connectivity index (χ0n) is 11.9. The van der Waals surface area contributed by atoms with Gasteiger partial charge >= 0.3 is 0 Å². The molecule has 2 aliphatic heterocycles. The molecule has 0 saturated carbocycles. The molecular weight excluding hydrogens is 268 g/mol. The van der Waals surface area contributed by atoms with Gasteiger partial charge in [0.05, 0.1) is 12.6 Å². The molecule has 3 rings (SSSR count). The molecule has 3 atom stereocenters. The fraction of sp³-hybridized carbons (Fsp3) is 0.500. The van der Waals surface area contributed by atoms with Gasteiger partial charge in [-0.1, -0.05) is 30.3 Å². The Labute approximate surface area is 124 Å². The molecule has 21 heavy (non-hydrogen) atoms. The predicted molar refractivity (Wildman–Crippen MR) is 77.4 cm³/mol. The molecule has 0 bridgehead atoms. The molecule has 2 heterocycles. The third kappa shape index (κ3) is 3.24. The number of nitrogens with one attached hydrogen (secondary N) is 2. The zero-order chi connectivity index (χ0) is 14.7. The number of rotatable bonds is 4. The number of hydrogen-bond donors (Lipinski definition) is 2. The van der Waals surface area contributed by atoms with Gasteiger partial charge in [-0.15, -0.1) is 0 Å². The van der Waals surface area contributed by atoms with Crippen LogP contribution in [0, 0.1) is 5.92 Å². The molecule has 5 heteroatoms. The van der Waals surface area contributed by atoms with E-state index in [0.717, 1.165) is 18.6 Å². The Kier molecular flexibility index (Phi) is 4.20. The summed E-state index contributed by atoms with van der Waals surface area (Å²) in [5.41, 5.74) is 1.09. The van der Waals surface area contributed by atoms with Crippen LogP contribution < -0.4 is 10.6 Å². The van der Waals surface area contributed by atoms with Gasteiger partial charge in [0.2, 0.25) is 11.8 Å². The van der Waals surface area contributed by atoms with E-state index in [1.54, 1.807) is 0 Å². The molecule has 5 nitrogen and oxygen atoms in total. The lowest BCUT2D eigenvalue weighted by Crippen LogP contribution is -2.44. The largest absolute Gasteiger partial charge is 0.381 e. The van der Waals surface area contributed by atoms with Crippen molar-refractivity contribution in [3.8, 4) is 0 Å². The smallest absolute Gasteiger partial charge is 0.243 e. The molecular formula is C16H20N2O3. The highest BCUT2D eigenvalue weighted by atomic mass is 16.5. The minimum atomic E-state index is -0.397. The maximum atomic E-state index is 12.4. The first-order chi connectivity index (χ1) is 10.2. The van der Waals surface area contributed by atoms with E-state index >= 15 is 0 Å². The van der Waals surface area contributed by atoms with Crippen molar-refractivity contribution < 1.29 is 14.3 Å². The monoisotopic (exact) mass is 288 g/mol. The summed E-state index contributed by atoms with van der Waals surface area (Å²) < 4.78 is 5.46. The third-order valence-electron chi connectivity index (χ3n) is 4.20. The fourth-order valence-electron chi connectivity index (χ4n) is 3.01. The third-order valence-corrected chi connectivity index (χ3v) is 4.20. The first-order valence-electron chi connectivity index (χ1n) is 7.46. The Balaban J connectivity index is 1.73. The van der Waals surface area contributed by atoms with Crippen LogP contribution in [0.5, 0.6) is 0 Å². The average Bonchev–Trinajstić information content (AvgIpc) is 3.17. The minimum absolute atomic E-state index is 0.0457. The van der Waals surface area contributed by atoms with E-state index in [2.05, 4.69) is 10.6 Å². The van der Waals surface area contributed by atoms with Gasteiger partial charge in [0.25, 0.3) is 0 Å². The summed E-state index contributed by atoms with van der Waals surface area (Å²) in [6, 6.07) is 9.51. The van der Waals surface area contributed by atoms with E-state index in [1.165, 1.54) is 0 Å². The zero-order valence-corrected chi connectivity index (χ0v) is 11.9.